The monoisotopic (exact) mass is 382 g/mol. The molecule has 6 nitrogen and oxygen atoms in total. The number of rotatable bonds is 7. The first-order valence-corrected chi connectivity index (χ1v) is 10.5. The number of carbonyl (C=O) groups is 1. The van der Waals surface area contributed by atoms with Crippen molar-refractivity contribution in [2.45, 2.75) is 58.8 Å². The summed E-state index contributed by atoms with van der Waals surface area (Å²) < 4.78 is 7.74. The Kier molecular flexibility index (Phi) is 5.95. The molecule has 1 saturated carbocycles. The number of aryl methyl sites for hydroxylation is 1. The molecular weight excluding hydrogens is 352 g/mol. The zero-order valence-corrected chi connectivity index (χ0v) is 16.7. The van der Waals surface area contributed by atoms with Gasteiger partial charge in [-0.25, -0.2) is 0 Å². The van der Waals surface area contributed by atoms with Crippen LogP contribution in [0.25, 0.3) is 0 Å². The van der Waals surface area contributed by atoms with Crippen LogP contribution in [0.3, 0.4) is 0 Å². The van der Waals surface area contributed by atoms with Crippen molar-refractivity contribution in [2.24, 2.45) is 5.92 Å². The molecule has 6 heteroatoms. The Morgan fingerprint density at radius 3 is 2.93 bits per heavy atom. The number of nitrogens with zero attached hydrogens (tertiary/aromatic N) is 3. The van der Waals surface area contributed by atoms with E-state index < -0.39 is 0 Å². The molecule has 150 valence electrons. The van der Waals surface area contributed by atoms with E-state index in [-0.39, 0.29) is 11.8 Å². The molecule has 0 unspecified atom stereocenters. The number of nitrogens with one attached hydrogen (secondary N) is 1. The van der Waals surface area contributed by atoms with Crippen LogP contribution in [-0.2, 0) is 31.0 Å². The van der Waals surface area contributed by atoms with Gasteiger partial charge in [-0.2, -0.15) is 5.10 Å². The summed E-state index contributed by atoms with van der Waals surface area (Å²) >= 11 is 0. The summed E-state index contributed by atoms with van der Waals surface area (Å²) in [4.78, 5) is 14.5. The van der Waals surface area contributed by atoms with Crippen molar-refractivity contribution in [3.63, 3.8) is 0 Å². The minimum atomic E-state index is 0.185. The third-order valence-electron chi connectivity index (χ3n) is 5.68. The molecule has 1 aromatic heterocycles. The largest absolute Gasteiger partial charge is 0.494 e. The number of ether oxygens (including phenoxy) is 1. The summed E-state index contributed by atoms with van der Waals surface area (Å²) in [7, 11) is 0. The van der Waals surface area contributed by atoms with Gasteiger partial charge in [0, 0.05) is 32.1 Å². The van der Waals surface area contributed by atoms with E-state index in [2.05, 4.69) is 39.2 Å². The van der Waals surface area contributed by atoms with Gasteiger partial charge in [-0.1, -0.05) is 18.6 Å². The predicted octanol–water partition coefficient (Wildman–Crippen LogP) is 3.10. The van der Waals surface area contributed by atoms with Crippen molar-refractivity contribution in [1.29, 1.82) is 0 Å². The molecule has 0 atom stereocenters. The van der Waals surface area contributed by atoms with Crippen LogP contribution in [-0.4, -0.2) is 33.7 Å². The molecule has 1 aliphatic heterocycles. The average Bonchev–Trinajstić information content (AvgIpc) is 2.91. The van der Waals surface area contributed by atoms with Crippen molar-refractivity contribution >= 4 is 5.91 Å². The number of hydrogen-bond acceptors (Lipinski definition) is 4. The molecule has 0 radical (unpaired) electrons. The molecule has 2 aromatic rings. The highest BCUT2D eigenvalue weighted by Gasteiger charge is 2.25. The first-order valence-electron chi connectivity index (χ1n) is 10.5. The number of carbonyl (C=O) groups excluding carboxylic acids is 1. The van der Waals surface area contributed by atoms with Gasteiger partial charge in [0.1, 0.15) is 5.75 Å². The number of fused-ring (bicyclic) bond motifs is 1. The van der Waals surface area contributed by atoms with Gasteiger partial charge in [0.25, 0.3) is 0 Å². The van der Waals surface area contributed by atoms with Crippen molar-refractivity contribution in [3.05, 3.63) is 47.3 Å². The predicted molar refractivity (Wildman–Crippen MR) is 108 cm³/mol. The lowest BCUT2D eigenvalue weighted by Gasteiger charge is -2.23. The molecule has 1 aromatic carbocycles. The quantitative estimate of drug-likeness (QED) is 0.799. The summed E-state index contributed by atoms with van der Waals surface area (Å²) in [6, 6.07) is 10.5. The molecule has 1 amide bonds. The highest BCUT2D eigenvalue weighted by Crippen LogP contribution is 2.26. The minimum absolute atomic E-state index is 0.185. The molecule has 1 aliphatic carbocycles. The van der Waals surface area contributed by atoms with Gasteiger partial charge in [0.2, 0.25) is 5.91 Å². The Balaban J connectivity index is 1.37. The van der Waals surface area contributed by atoms with E-state index in [4.69, 9.17) is 9.84 Å². The highest BCUT2D eigenvalue weighted by molar-refractivity contribution is 5.79. The lowest BCUT2D eigenvalue weighted by Crippen LogP contribution is -2.34. The molecular formula is C22H30N4O2. The Morgan fingerprint density at radius 1 is 1.25 bits per heavy atom. The Morgan fingerprint density at radius 2 is 2.14 bits per heavy atom. The fourth-order valence-electron chi connectivity index (χ4n) is 3.96. The van der Waals surface area contributed by atoms with Gasteiger partial charge in [0.15, 0.2) is 0 Å². The van der Waals surface area contributed by atoms with Crippen LogP contribution < -0.4 is 10.1 Å². The fourth-order valence-corrected chi connectivity index (χ4v) is 3.96. The van der Waals surface area contributed by atoms with Gasteiger partial charge in [-0.3, -0.25) is 14.4 Å². The molecule has 0 spiro atoms. The fraction of sp³-hybridized carbons (Fsp3) is 0.545. The van der Waals surface area contributed by atoms with Crippen LogP contribution >= 0.6 is 0 Å². The number of amides is 1. The first kappa shape index (κ1) is 19.0. The lowest BCUT2D eigenvalue weighted by atomic mass is 9.85. The second-order valence-corrected chi connectivity index (χ2v) is 7.84. The summed E-state index contributed by atoms with van der Waals surface area (Å²) in [6.45, 7) is 6.99. The molecule has 0 saturated heterocycles. The standard InChI is InChI=1S/C22H30N4O2/c1-2-28-21-9-3-6-17(12-21)15-25-10-5-11-26-20(16-25)13-19(24-26)14-23-22(27)18-7-4-8-18/h3,6,9,12-13,18H,2,4-5,7-8,10-11,14-16H2,1H3,(H,23,27). The van der Waals surface area contributed by atoms with E-state index in [0.717, 1.165) is 56.9 Å². The Labute approximate surface area is 166 Å². The van der Waals surface area contributed by atoms with Crippen molar-refractivity contribution < 1.29 is 9.53 Å². The van der Waals surface area contributed by atoms with Crippen LogP contribution in [0.5, 0.6) is 5.75 Å². The molecule has 1 N–H and O–H groups in total. The normalized spacial score (nSPS) is 17.5. The molecule has 2 heterocycles. The maximum absolute atomic E-state index is 12.1. The van der Waals surface area contributed by atoms with E-state index in [1.165, 1.54) is 17.7 Å². The van der Waals surface area contributed by atoms with E-state index >= 15 is 0 Å². The smallest absolute Gasteiger partial charge is 0.223 e. The van der Waals surface area contributed by atoms with Gasteiger partial charge >= 0.3 is 0 Å². The van der Waals surface area contributed by atoms with E-state index in [1.807, 2.05) is 13.0 Å². The van der Waals surface area contributed by atoms with E-state index in [0.29, 0.717) is 13.2 Å². The summed E-state index contributed by atoms with van der Waals surface area (Å²) in [6.07, 6.45) is 4.32. The van der Waals surface area contributed by atoms with Crippen LogP contribution in [0.4, 0.5) is 0 Å². The maximum atomic E-state index is 12.1. The first-order chi connectivity index (χ1) is 13.7. The summed E-state index contributed by atoms with van der Waals surface area (Å²) in [5.74, 6) is 1.35. The second kappa shape index (κ2) is 8.78. The molecule has 4 rings (SSSR count). The van der Waals surface area contributed by atoms with Crippen LogP contribution in [0.2, 0.25) is 0 Å². The number of benzene rings is 1. The third-order valence-corrected chi connectivity index (χ3v) is 5.68. The Hall–Kier alpha value is -2.34. The van der Waals surface area contributed by atoms with Gasteiger partial charge in [0.05, 0.1) is 24.5 Å². The topological polar surface area (TPSA) is 59.4 Å². The Bertz CT molecular complexity index is 813. The summed E-state index contributed by atoms with van der Waals surface area (Å²) in [5.41, 5.74) is 3.46. The van der Waals surface area contributed by atoms with E-state index in [9.17, 15) is 4.79 Å². The average molecular weight is 383 g/mol. The van der Waals surface area contributed by atoms with Crippen LogP contribution in [0, 0.1) is 5.92 Å². The minimum Gasteiger partial charge on any atom is -0.494 e. The molecule has 28 heavy (non-hydrogen) atoms. The SMILES string of the molecule is CCOc1cccc(CN2CCCn3nc(CNC(=O)C4CCC4)cc3C2)c1. The zero-order chi connectivity index (χ0) is 19.3. The van der Waals surface area contributed by atoms with Crippen molar-refractivity contribution in [2.75, 3.05) is 13.2 Å². The molecule has 1 fully saturated rings. The molecule has 0 bridgehead atoms. The summed E-state index contributed by atoms with van der Waals surface area (Å²) in [5, 5.41) is 7.77. The van der Waals surface area contributed by atoms with Crippen molar-refractivity contribution in [1.82, 2.24) is 20.0 Å². The van der Waals surface area contributed by atoms with Gasteiger partial charge in [-0.05, 0) is 49.9 Å². The van der Waals surface area contributed by atoms with Crippen LogP contribution in [0.1, 0.15) is 49.6 Å². The van der Waals surface area contributed by atoms with Gasteiger partial charge in [-0.15, -0.1) is 0 Å². The number of hydrogen-bond donors (Lipinski definition) is 1. The molecule has 2 aliphatic rings. The number of aromatic nitrogens is 2. The van der Waals surface area contributed by atoms with E-state index in [1.54, 1.807) is 0 Å². The van der Waals surface area contributed by atoms with Crippen LogP contribution in [0.15, 0.2) is 30.3 Å². The second-order valence-electron chi connectivity index (χ2n) is 7.84. The van der Waals surface area contributed by atoms with Gasteiger partial charge < -0.3 is 10.1 Å². The van der Waals surface area contributed by atoms with Crippen molar-refractivity contribution in [3.8, 4) is 5.75 Å². The highest BCUT2D eigenvalue weighted by atomic mass is 16.5. The third kappa shape index (κ3) is 4.55. The zero-order valence-electron chi connectivity index (χ0n) is 16.7. The lowest BCUT2D eigenvalue weighted by molar-refractivity contribution is -0.127. The maximum Gasteiger partial charge on any atom is 0.223 e.